The molecule has 0 aliphatic carbocycles. The van der Waals surface area contributed by atoms with E-state index >= 15 is 0 Å². The molecule has 26 heavy (non-hydrogen) atoms. The predicted molar refractivity (Wildman–Crippen MR) is 111 cm³/mol. The molecule has 0 aromatic carbocycles. The molecule has 2 aliphatic heterocycles. The van der Waals surface area contributed by atoms with Crippen molar-refractivity contribution in [2.45, 2.75) is 43.0 Å². The number of carbonyl (C=O) groups is 2. The van der Waals surface area contributed by atoms with Crippen LogP contribution in [0.2, 0.25) is 0 Å². The molecule has 2 rings (SSSR count). The van der Waals surface area contributed by atoms with Crippen LogP contribution in [0.5, 0.6) is 0 Å². The average molecular weight is 500 g/mol. The third-order valence-corrected chi connectivity index (χ3v) is 6.41. The van der Waals surface area contributed by atoms with Crippen molar-refractivity contribution < 1.29 is 19.1 Å². The minimum Gasteiger partial charge on any atom is -0.378 e. The fourth-order valence-corrected chi connectivity index (χ4v) is 4.82. The van der Waals surface area contributed by atoms with Crippen LogP contribution in [0.3, 0.4) is 0 Å². The highest BCUT2D eigenvalue weighted by Crippen LogP contribution is 2.33. The van der Waals surface area contributed by atoms with Crippen molar-refractivity contribution in [2.75, 3.05) is 45.3 Å². The number of urea groups is 1. The van der Waals surface area contributed by atoms with Crippen LogP contribution in [-0.4, -0.2) is 74.5 Å². The lowest BCUT2D eigenvalue weighted by atomic mass is 10.0. The fourth-order valence-electron chi connectivity index (χ4n) is 3.06. The number of rotatable bonds is 14. The maximum atomic E-state index is 11.8. The number of carbonyl (C=O) groups excluding carboxylic acids is 2. The number of amides is 3. The lowest BCUT2D eigenvalue weighted by Crippen LogP contribution is -2.36. The maximum absolute atomic E-state index is 11.8. The minimum atomic E-state index is -0.0453. The molecule has 0 bridgehead atoms. The summed E-state index contributed by atoms with van der Waals surface area (Å²) in [6.07, 6.45) is 3.46. The van der Waals surface area contributed by atoms with Gasteiger partial charge in [0.1, 0.15) is 0 Å². The Morgan fingerprint density at radius 2 is 1.92 bits per heavy atom. The molecule has 0 saturated carbocycles. The van der Waals surface area contributed by atoms with Crippen LogP contribution < -0.4 is 19.5 Å². The van der Waals surface area contributed by atoms with E-state index in [-0.39, 0.29) is 24.0 Å². The first kappa shape index (κ1) is 22.0. The quantitative estimate of drug-likeness (QED) is 0.122. The Labute approximate surface area is 173 Å². The number of unbranched alkanes of at least 4 members (excludes halogenated alkanes) is 1. The van der Waals surface area contributed by atoms with Crippen molar-refractivity contribution in [1.29, 1.82) is 0 Å². The number of hydrogen-bond donors (Lipinski definition) is 4. The Kier molecular flexibility index (Phi) is 11.0. The van der Waals surface area contributed by atoms with Crippen molar-refractivity contribution in [3.8, 4) is 0 Å². The third kappa shape index (κ3) is 8.15. The molecule has 150 valence electrons. The number of thioether (sulfide) groups is 1. The van der Waals surface area contributed by atoms with Crippen molar-refractivity contribution in [2.24, 2.45) is 0 Å². The highest BCUT2D eigenvalue weighted by atomic mass is 127. The normalized spacial score (nSPS) is 24.2. The third-order valence-electron chi connectivity index (χ3n) is 4.36. The summed E-state index contributed by atoms with van der Waals surface area (Å²) in [5.41, 5.74) is 0. The molecule has 10 heteroatoms. The van der Waals surface area contributed by atoms with Crippen molar-refractivity contribution >= 4 is 46.6 Å². The van der Waals surface area contributed by atoms with Crippen molar-refractivity contribution in [1.82, 2.24) is 19.5 Å². The molecule has 0 aromatic heterocycles. The van der Waals surface area contributed by atoms with E-state index in [4.69, 9.17) is 9.47 Å². The second-order valence-electron chi connectivity index (χ2n) is 6.33. The Morgan fingerprint density at radius 1 is 1.15 bits per heavy atom. The second-order valence-corrected chi connectivity index (χ2v) is 8.36. The standard InChI is InChI=1S/C16H29IN4O4S/c17-19-6-8-25-10-9-24-7-5-18-14(22)4-2-1-3-13-15-12(11-26-13)20-16(23)21-15/h12-13,15,19H,1-11H2,(H,18,22)(H2,20,21,23)/t12-,13-,15-/m0/s1. The van der Waals surface area contributed by atoms with E-state index in [2.05, 4.69) is 42.3 Å². The van der Waals surface area contributed by atoms with Crippen molar-refractivity contribution in [3.63, 3.8) is 0 Å². The van der Waals surface area contributed by atoms with E-state index in [1.165, 1.54) is 0 Å². The van der Waals surface area contributed by atoms with Gasteiger partial charge in [-0.05, 0) is 12.8 Å². The van der Waals surface area contributed by atoms with Gasteiger partial charge in [0, 0.05) is 53.4 Å². The lowest BCUT2D eigenvalue weighted by molar-refractivity contribution is -0.121. The smallest absolute Gasteiger partial charge is 0.315 e. The summed E-state index contributed by atoms with van der Waals surface area (Å²) in [5, 5.41) is 9.29. The Bertz CT molecular complexity index is 446. The lowest BCUT2D eigenvalue weighted by Gasteiger charge is -2.16. The van der Waals surface area contributed by atoms with Crippen LogP contribution >= 0.6 is 34.6 Å². The van der Waals surface area contributed by atoms with Gasteiger partial charge in [-0.1, -0.05) is 6.42 Å². The summed E-state index contributed by atoms with van der Waals surface area (Å²) >= 11 is 4.00. The van der Waals surface area contributed by atoms with Gasteiger partial charge in [-0.15, -0.1) is 0 Å². The van der Waals surface area contributed by atoms with Gasteiger partial charge < -0.3 is 25.4 Å². The monoisotopic (exact) mass is 500 g/mol. The maximum Gasteiger partial charge on any atom is 0.315 e. The molecule has 0 aromatic rings. The second kappa shape index (κ2) is 13.0. The molecule has 2 fully saturated rings. The number of ether oxygens (including phenoxy) is 2. The summed E-state index contributed by atoms with van der Waals surface area (Å²) in [5.74, 6) is 1.06. The number of nitrogens with one attached hydrogen (secondary N) is 4. The molecular weight excluding hydrogens is 471 g/mol. The highest BCUT2D eigenvalue weighted by molar-refractivity contribution is 14.1. The van der Waals surface area contributed by atoms with Gasteiger partial charge in [0.05, 0.1) is 38.5 Å². The topological polar surface area (TPSA) is 101 Å². The van der Waals surface area contributed by atoms with E-state index in [9.17, 15) is 9.59 Å². The van der Waals surface area contributed by atoms with Gasteiger partial charge in [0.25, 0.3) is 0 Å². The average Bonchev–Trinajstić information content (AvgIpc) is 3.16. The van der Waals surface area contributed by atoms with Gasteiger partial charge in [0.15, 0.2) is 0 Å². The van der Waals surface area contributed by atoms with Gasteiger partial charge in [-0.2, -0.15) is 11.8 Å². The molecule has 2 heterocycles. The number of halogens is 1. The van der Waals surface area contributed by atoms with Crippen molar-refractivity contribution in [3.05, 3.63) is 0 Å². The van der Waals surface area contributed by atoms with E-state index in [1.54, 1.807) is 0 Å². The number of fused-ring (bicyclic) bond motifs is 1. The van der Waals surface area contributed by atoms with E-state index in [0.29, 0.717) is 44.6 Å². The Hall–Kier alpha value is -0.300. The summed E-state index contributed by atoms with van der Waals surface area (Å²) in [7, 11) is 0. The fraction of sp³-hybridized carbons (Fsp3) is 0.875. The van der Waals surface area contributed by atoms with Crippen LogP contribution in [0.4, 0.5) is 4.79 Å². The highest BCUT2D eigenvalue weighted by Gasteiger charge is 2.42. The summed E-state index contributed by atoms with van der Waals surface area (Å²) < 4.78 is 13.7. The molecular formula is C16H29IN4O4S. The first-order valence-corrected chi connectivity index (χ1v) is 11.3. The largest absolute Gasteiger partial charge is 0.378 e. The van der Waals surface area contributed by atoms with Gasteiger partial charge in [-0.3, -0.25) is 8.32 Å². The zero-order valence-electron chi connectivity index (χ0n) is 14.9. The molecule has 4 N–H and O–H groups in total. The number of hydrogen-bond acceptors (Lipinski definition) is 6. The predicted octanol–water partition coefficient (Wildman–Crippen LogP) is 0.801. The molecule has 8 nitrogen and oxygen atoms in total. The molecule has 3 amide bonds. The van der Waals surface area contributed by atoms with Crippen LogP contribution in [0.15, 0.2) is 0 Å². The zero-order chi connectivity index (χ0) is 18.6. The summed E-state index contributed by atoms with van der Waals surface area (Å²) in [6, 6.07) is 0.477. The SMILES string of the molecule is O=C(CCCC[C@@H]1SC[C@@H]2NC(=O)N[C@@H]21)NCCOCCOCCNI. The molecule has 0 radical (unpaired) electrons. The first-order valence-electron chi connectivity index (χ1n) is 9.15. The summed E-state index contributed by atoms with van der Waals surface area (Å²) in [4.78, 5) is 23.1. The zero-order valence-corrected chi connectivity index (χ0v) is 17.9. The van der Waals surface area contributed by atoms with Crippen LogP contribution in [-0.2, 0) is 14.3 Å². The molecule has 0 unspecified atom stereocenters. The minimum absolute atomic E-state index is 0.0453. The molecule has 0 spiro atoms. The van der Waals surface area contributed by atoms with Gasteiger partial charge >= 0.3 is 6.03 Å². The van der Waals surface area contributed by atoms with Crippen LogP contribution in [0.25, 0.3) is 0 Å². The van der Waals surface area contributed by atoms with Crippen LogP contribution in [0.1, 0.15) is 25.7 Å². The Balaban J connectivity index is 1.38. The van der Waals surface area contributed by atoms with E-state index < -0.39 is 0 Å². The Morgan fingerprint density at radius 3 is 2.69 bits per heavy atom. The van der Waals surface area contributed by atoms with Gasteiger partial charge in [-0.25, -0.2) is 4.79 Å². The molecule has 3 atom stereocenters. The van der Waals surface area contributed by atoms with E-state index in [0.717, 1.165) is 31.6 Å². The van der Waals surface area contributed by atoms with Gasteiger partial charge in [0.2, 0.25) is 5.91 Å². The van der Waals surface area contributed by atoms with E-state index in [1.807, 2.05) is 11.8 Å². The van der Waals surface area contributed by atoms with Crippen LogP contribution in [0, 0.1) is 0 Å². The first-order chi connectivity index (χ1) is 12.7. The summed E-state index contributed by atoms with van der Waals surface area (Å²) in [6.45, 7) is 3.66. The molecule has 2 saturated heterocycles. The molecule has 2 aliphatic rings.